The van der Waals surface area contributed by atoms with Crippen LogP contribution in [-0.4, -0.2) is 13.6 Å². The van der Waals surface area contributed by atoms with Crippen LogP contribution in [0.15, 0.2) is 44.9 Å². The molecule has 0 aliphatic carbocycles. The van der Waals surface area contributed by atoms with Crippen molar-refractivity contribution in [1.82, 2.24) is 5.16 Å². The Morgan fingerprint density at radius 1 is 1.35 bits per heavy atom. The van der Waals surface area contributed by atoms with E-state index in [-0.39, 0.29) is 9.80 Å². The van der Waals surface area contributed by atoms with Crippen molar-refractivity contribution in [2.24, 2.45) is 0 Å². The van der Waals surface area contributed by atoms with Gasteiger partial charge in [0.15, 0.2) is 6.07 Å². The van der Waals surface area contributed by atoms with Crippen LogP contribution in [0.1, 0.15) is 5.69 Å². The number of sulfone groups is 1. The highest BCUT2D eigenvalue weighted by atomic mass is 32.2. The molecular weight excluding hydrogens is 246 g/mol. The van der Waals surface area contributed by atoms with E-state index in [0.717, 1.165) is 0 Å². The predicted molar refractivity (Wildman–Crippen MR) is 52.1 cm³/mol. The van der Waals surface area contributed by atoms with Gasteiger partial charge in [0, 0.05) is 0 Å². The maximum absolute atomic E-state index is 12.0. The number of hydrogen-bond acceptors (Lipinski definition) is 6. The molecule has 0 bridgehead atoms. The second-order valence-electron chi connectivity index (χ2n) is 3.01. The molecule has 0 N–H and O–H groups in total. The monoisotopic (exact) mass is 251 g/mol. The van der Waals surface area contributed by atoms with E-state index in [0.29, 0.717) is 0 Å². The third-order valence-electron chi connectivity index (χ3n) is 2.00. The van der Waals surface area contributed by atoms with Gasteiger partial charge in [0.1, 0.15) is 0 Å². The smallest absolute Gasteiger partial charge is 0.354 e. The number of nitriles is 1. The number of aromatic nitrogens is 2. The Balaban J connectivity index is 2.66. The minimum absolute atomic E-state index is 0.0644. The lowest BCUT2D eigenvalue weighted by molar-refractivity contribution is -0.804. The van der Waals surface area contributed by atoms with E-state index < -0.39 is 20.6 Å². The third-order valence-corrected chi connectivity index (χ3v) is 3.67. The third kappa shape index (κ3) is 1.72. The fourth-order valence-electron chi connectivity index (χ4n) is 1.21. The van der Waals surface area contributed by atoms with Crippen molar-refractivity contribution in [3.8, 4) is 6.07 Å². The van der Waals surface area contributed by atoms with E-state index in [4.69, 9.17) is 5.26 Å². The van der Waals surface area contributed by atoms with Crippen molar-refractivity contribution in [3.05, 3.63) is 41.2 Å². The highest BCUT2D eigenvalue weighted by Gasteiger charge is 2.33. The molecule has 0 aliphatic heterocycles. The van der Waals surface area contributed by atoms with Gasteiger partial charge in [-0.1, -0.05) is 18.2 Å². The molecule has 86 valence electrons. The largest absolute Gasteiger partial charge is 0.358 e. The van der Waals surface area contributed by atoms with Crippen molar-refractivity contribution in [2.45, 2.75) is 9.92 Å². The Bertz CT molecular complexity index is 685. The van der Waals surface area contributed by atoms with Crippen molar-refractivity contribution >= 4 is 9.84 Å². The van der Waals surface area contributed by atoms with Crippen molar-refractivity contribution in [3.63, 3.8) is 0 Å². The summed E-state index contributed by atoms with van der Waals surface area (Å²) in [6.45, 7) is 0. The summed E-state index contributed by atoms with van der Waals surface area (Å²) in [5.74, 6) is 0. The highest BCUT2D eigenvalue weighted by Crippen LogP contribution is 2.19. The summed E-state index contributed by atoms with van der Waals surface area (Å²) in [6.07, 6.45) is 0. The Morgan fingerprint density at radius 2 is 2.00 bits per heavy atom. The summed E-state index contributed by atoms with van der Waals surface area (Å²) >= 11 is 0. The number of hydrogen-bond donors (Lipinski definition) is 0. The molecule has 0 atom stereocenters. The van der Waals surface area contributed by atoms with Gasteiger partial charge >= 0.3 is 10.7 Å². The van der Waals surface area contributed by atoms with Crippen LogP contribution < -0.4 is 4.90 Å². The first-order valence-electron chi connectivity index (χ1n) is 4.37. The molecule has 0 fully saturated rings. The zero-order chi connectivity index (χ0) is 12.5. The van der Waals surface area contributed by atoms with Gasteiger partial charge in [-0.15, -0.1) is 0 Å². The molecule has 0 radical (unpaired) electrons. The summed E-state index contributed by atoms with van der Waals surface area (Å²) in [6, 6.07) is 8.78. The minimum atomic E-state index is -4.01. The van der Waals surface area contributed by atoms with Crippen LogP contribution in [0.5, 0.6) is 0 Å². The van der Waals surface area contributed by atoms with E-state index in [1.54, 1.807) is 6.07 Å². The van der Waals surface area contributed by atoms with Gasteiger partial charge in [-0.2, -0.15) is 5.26 Å². The SMILES string of the molecule is N#Cc1c(S(=O)(=O)c2ccccc2)no[n+]1[O-]. The van der Waals surface area contributed by atoms with Crippen molar-refractivity contribution in [2.75, 3.05) is 0 Å². The van der Waals surface area contributed by atoms with E-state index in [9.17, 15) is 13.6 Å². The molecule has 17 heavy (non-hydrogen) atoms. The molecule has 0 saturated carbocycles. The minimum Gasteiger partial charge on any atom is -0.358 e. The van der Waals surface area contributed by atoms with Crippen LogP contribution in [0.3, 0.4) is 0 Å². The van der Waals surface area contributed by atoms with Gasteiger partial charge in [0.2, 0.25) is 0 Å². The number of nitrogens with zero attached hydrogens (tertiary/aromatic N) is 3. The zero-order valence-corrected chi connectivity index (χ0v) is 9.09. The Morgan fingerprint density at radius 3 is 2.59 bits per heavy atom. The van der Waals surface area contributed by atoms with Gasteiger partial charge in [-0.3, -0.25) is 4.63 Å². The standard InChI is InChI=1S/C9H5N3O4S/c10-6-8-9(11-16-12(8)13)17(14,15)7-4-2-1-3-5-7/h1-5H. The predicted octanol–water partition coefficient (Wildman–Crippen LogP) is 0.0125. The average molecular weight is 251 g/mol. The summed E-state index contributed by atoms with van der Waals surface area (Å²) < 4.78 is 28.1. The molecule has 1 aromatic heterocycles. The Hall–Kier alpha value is -2.40. The molecule has 0 saturated heterocycles. The van der Waals surface area contributed by atoms with Gasteiger partial charge in [-0.05, 0) is 17.0 Å². The molecular formula is C9H5N3O4S. The quantitative estimate of drug-likeness (QED) is 0.695. The first kappa shape index (κ1) is 11.1. The van der Waals surface area contributed by atoms with Crippen molar-refractivity contribution in [1.29, 1.82) is 5.26 Å². The van der Waals surface area contributed by atoms with Crippen LogP contribution in [-0.2, 0) is 9.84 Å². The summed E-state index contributed by atoms with van der Waals surface area (Å²) in [5.41, 5.74) is -0.686. The first-order valence-corrected chi connectivity index (χ1v) is 5.85. The van der Waals surface area contributed by atoms with Crippen LogP contribution >= 0.6 is 0 Å². The van der Waals surface area contributed by atoms with E-state index in [1.165, 1.54) is 30.3 Å². The second-order valence-corrected chi connectivity index (χ2v) is 4.88. The van der Waals surface area contributed by atoms with Gasteiger partial charge in [-0.25, -0.2) is 8.42 Å². The highest BCUT2D eigenvalue weighted by molar-refractivity contribution is 7.91. The van der Waals surface area contributed by atoms with Gasteiger partial charge < -0.3 is 5.21 Å². The van der Waals surface area contributed by atoms with E-state index in [2.05, 4.69) is 9.79 Å². The lowest BCUT2D eigenvalue weighted by Gasteiger charge is -1.96. The van der Waals surface area contributed by atoms with Gasteiger partial charge in [0.05, 0.1) is 10.1 Å². The molecule has 0 unspecified atom stereocenters. The molecule has 0 aliphatic rings. The summed E-state index contributed by atoms with van der Waals surface area (Å²) in [5, 5.41) is 22.0. The molecule has 1 heterocycles. The maximum atomic E-state index is 12.0. The molecule has 2 aromatic rings. The summed E-state index contributed by atoms with van der Waals surface area (Å²) in [7, 11) is -4.01. The van der Waals surface area contributed by atoms with Gasteiger partial charge in [0.25, 0.3) is 9.84 Å². The second kappa shape index (κ2) is 3.88. The lowest BCUT2D eigenvalue weighted by Crippen LogP contribution is -2.27. The molecule has 8 heteroatoms. The topological polar surface area (TPSA) is 111 Å². The first-order chi connectivity index (χ1) is 8.07. The fourth-order valence-corrected chi connectivity index (χ4v) is 2.46. The number of rotatable bonds is 2. The Kier molecular flexibility index (Phi) is 2.53. The van der Waals surface area contributed by atoms with Crippen LogP contribution in [0.2, 0.25) is 0 Å². The average Bonchev–Trinajstić information content (AvgIpc) is 2.72. The van der Waals surface area contributed by atoms with E-state index >= 15 is 0 Å². The molecule has 0 amide bonds. The fraction of sp³-hybridized carbons (Fsp3) is 0. The zero-order valence-electron chi connectivity index (χ0n) is 8.27. The molecule has 1 aromatic carbocycles. The molecule has 7 nitrogen and oxygen atoms in total. The molecule has 0 spiro atoms. The summed E-state index contributed by atoms with van der Waals surface area (Å²) in [4.78, 5) is -0.305. The van der Waals surface area contributed by atoms with Crippen LogP contribution in [0.25, 0.3) is 0 Å². The lowest BCUT2D eigenvalue weighted by atomic mass is 10.4. The maximum Gasteiger partial charge on any atom is 0.354 e. The number of benzene rings is 1. The molecule has 2 rings (SSSR count). The van der Waals surface area contributed by atoms with Crippen LogP contribution in [0, 0.1) is 16.5 Å². The van der Waals surface area contributed by atoms with E-state index in [1.807, 2.05) is 0 Å². The normalized spacial score (nSPS) is 11.0. The van der Waals surface area contributed by atoms with Crippen molar-refractivity contribution < 1.29 is 17.9 Å². The Labute approximate surface area is 96.0 Å². The van der Waals surface area contributed by atoms with Crippen LogP contribution in [0.4, 0.5) is 0 Å².